The minimum Gasteiger partial charge on any atom is -0.466 e. The number of esters is 1. The number of anilines is 1. The molecule has 3 aliphatic heterocycles. The fourth-order valence-corrected chi connectivity index (χ4v) is 7.53. The summed E-state index contributed by atoms with van der Waals surface area (Å²) in [6, 6.07) is 9.32. The Balaban J connectivity index is 1.84. The molecule has 27 heavy (non-hydrogen) atoms. The standard InChI is InChI=1S/C23H30N2O2/c1-4-22-11-8-13-25(5-2)14-12-23(21(22)25)17-9-6-7-10-18(17)24-19(23)16(15-22)20(26)27-3/h6-7,9-10,21H,4-5,8,11-15H2,1-3H3/p+1/t21-,22-,23-,25-/m0/s1. The Labute approximate surface area is 162 Å². The van der Waals surface area contributed by atoms with E-state index in [9.17, 15) is 4.79 Å². The third-order valence-corrected chi connectivity index (χ3v) is 8.53. The van der Waals surface area contributed by atoms with Crippen molar-refractivity contribution < 1.29 is 14.0 Å². The Morgan fingerprint density at radius 2 is 2.07 bits per heavy atom. The van der Waals surface area contributed by atoms with Gasteiger partial charge in [-0.1, -0.05) is 25.1 Å². The van der Waals surface area contributed by atoms with Crippen LogP contribution in [0.5, 0.6) is 0 Å². The molecule has 3 heterocycles. The van der Waals surface area contributed by atoms with Gasteiger partial charge in [0.25, 0.3) is 0 Å². The van der Waals surface area contributed by atoms with Crippen molar-refractivity contribution >= 4 is 11.7 Å². The summed E-state index contributed by atoms with van der Waals surface area (Å²) >= 11 is 0. The van der Waals surface area contributed by atoms with E-state index >= 15 is 0 Å². The topological polar surface area (TPSA) is 38.3 Å². The van der Waals surface area contributed by atoms with Crippen LogP contribution in [-0.4, -0.2) is 43.2 Å². The number of para-hydroxylation sites is 1. The number of nitrogens with zero attached hydrogens (tertiary/aromatic N) is 1. The molecule has 4 heteroatoms. The molecule has 5 rings (SSSR count). The largest absolute Gasteiger partial charge is 0.466 e. The molecule has 0 saturated carbocycles. The number of hydrogen-bond donors (Lipinski definition) is 1. The SMILES string of the molecule is CC[C@]12CCC[N@@+]3(CC)CC[C@]4(C(=C(C(=O)OC)C1)Nc1ccccc14)[C@H]23. The van der Waals surface area contributed by atoms with Gasteiger partial charge in [0, 0.05) is 23.2 Å². The summed E-state index contributed by atoms with van der Waals surface area (Å²) in [4.78, 5) is 12.9. The summed E-state index contributed by atoms with van der Waals surface area (Å²) < 4.78 is 6.50. The lowest BCUT2D eigenvalue weighted by atomic mass is 9.53. The van der Waals surface area contributed by atoms with Crippen molar-refractivity contribution in [1.29, 1.82) is 0 Å². The van der Waals surface area contributed by atoms with Crippen LogP contribution in [0.1, 0.15) is 51.5 Å². The molecule has 4 atom stereocenters. The maximum Gasteiger partial charge on any atom is 0.335 e. The number of fused-ring (bicyclic) bond motifs is 1. The number of carbonyl (C=O) groups excluding carboxylic acids is 1. The lowest BCUT2D eigenvalue weighted by Crippen LogP contribution is -2.68. The Morgan fingerprint density at radius 1 is 1.26 bits per heavy atom. The second-order valence-corrected chi connectivity index (χ2v) is 9.12. The van der Waals surface area contributed by atoms with Gasteiger partial charge in [0.05, 0.1) is 37.7 Å². The second kappa shape index (κ2) is 5.60. The zero-order valence-corrected chi connectivity index (χ0v) is 16.8. The predicted octanol–water partition coefficient (Wildman–Crippen LogP) is 3.98. The number of piperidine rings is 1. The van der Waals surface area contributed by atoms with Crippen LogP contribution in [0.4, 0.5) is 5.69 Å². The van der Waals surface area contributed by atoms with E-state index in [2.05, 4.69) is 43.4 Å². The van der Waals surface area contributed by atoms with Crippen LogP contribution in [0.15, 0.2) is 35.5 Å². The molecule has 2 saturated heterocycles. The molecule has 0 bridgehead atoms. The molecule has 144 valence electrons. The van der Waals surface area contributed by atoms with Crippen LogP contribution < -0.4 is 5.32 Å². The van der Waals surface area contributed by atoms with E-state index in [0.29, 0.717) is 6.04 Å². The van der Waals surface area contributed by atoms with E-state index in [1.165, 1.54) is 61.0 Å². The molecule has 4 aliphatic rings. The number of ether oxygens (including phenoxy) is 1. The van der Waals surface area contributed by atoms with Crippen LogP contribution in [0.3, 0.4) is 0 Å². The highest BCUT2D eigenvalue weighted by Gasteiger charge is 2.72. The van der Waals surface area contributed by atoms with Gasteiger partial charge in [0.15, 0.2) is 0 Å². The van der Waals surface area contributed by atoms with E-state index in [1.807, 2.05) is 0 Å². The maximum absolute atomic E-state index is 12.9. The van der Waals surface area contributed by atoms with E-state index in [0.717, 1.165) is 24.8 Å². The highest BCUT2D eigenvalue weighted by atomic mass is 16.5. The minimum absolute atomic E-state index is 0.0508. The third kappa shape index (κ3) is 1.90. The molecular formula is C23H31N2O2+. The summed E-state index contributed by atoms with van der Waals surface area (Å²) in [6.45, 7) is 8.41. The normalized spacial score (nSPS) is 38.7. The lowest BCUT2D eigenvalue weighted by Gasteiger charge is -2.59. The van der Waals surface area contributed by atoms with E-state index in [1.54, 1.807) is 0 Å². The summed E-state index contributed by atoms with van der Waals surface area (Å²) in [5.74, 6) is -0.136. The first-order valence-corrected chi connectivity index (χ1v) is 10.6. The molecule has 4 nitrogen and oxygen atoms in total. The fraction of sp³-hybridized carbons (Fsp3) is 0.609. The van der Waals surface area contributed by atoms with E-state index in [4.69, 9.17) is 4.74 Å². The molecule has 1 aromatic carbocycles. The first-order valence-electron chi connectivity index (χ1n) is 10.6. The van der Waals surface area contributed by atoms with Crippen molar-refractivity contribution in [3.63, 3.8) is 0 Å². The van der Waals surface area contributed by atoms with Crippen molar-refractivity contribution in [2.24, 2.45) is 5.41 Å². The number of quaternary nitrogens is 1. The molecule has 1 N–H and O–H groups in total. The monoisotopic (exact) mass is 367 g/mol. The Kier molecular flexibility index (Phi) is 3.59. The average molecular weight is 368 g/mol. The zero-order valence-electron chi connectivity index (χ0n) is 16.8. The summed E-state index contributed by atoms with van der Waals surface area (Å²) in [6.07, 6.45) is 5.63. The van der Waals surface area contributed by atoms with Crippen molar-refractivity contribution in [2.45, 2.75) is 57.4 Å². The van der Waals surface area contributed by atoms with Crippen LogP contribution in [0.25, 0.3) is 0 Å². The van der Waals surface area contributed by atoms with Crippen molar-refractivity contribution in [3.05, 3.63) is 41.1 Å². The molecule has 1 aromatic rings. The van der Waals surface area contributed by atoms with Gasteiger partial charge >= 0.3 is 5.97 Å². The molecule has 1 spiro atoms. The quantitative estimate of drug-likeness (QED) is 0.649. The zero-order chi connectivity index (χ0) is 18.9. The average Bonchev–Trinajstić information content (AvgIpc) is 3.25. The second-order valence-electron chi connectivity index (χ2n) is 9.12. The number of nitrogens with one attached hydrogen (secondary N) is 1. The van der Waals surface area contributed by atoms with Crippen molar-refractivity contribution in [3.8, 4) is 0 Å². The number of benzene rings is 1. The first kappa shape index (κ1) is 17.3. The van der Waals surface area contributed by atoms with E-state index < -0.39 is 0 Å². The number of rotatable bonds is 3. The van der Waals surface area contributed by atoms with Gasteiger partial charge in [-0.2, -0.15) is 0 Å². The highest BCUT2D eigenvalue weighted by molar-refractivity contribution is 5.93. The Bertz CT molecular complexity index is 847. The van der Waals surface area contributed by atoms with Crippen molar-refractivity contribution in [1.82, 2.24) is 0 Å². The molecule has 0 amide bonds. The van der Waals surface area contributed by atoms with Gasteiger partial charge in [-0.25, -0.2) is 4.79 Å². The molecule has 2 fully saturated rings. The molecule has 1 aliphatic carbocycles. The van der Waals surface area contributed by atoms with Gasteiger partial charge in [0.2, 0.25) is 0 Å². The van der Waals surface area contributed by atoms with Crippen LogP contribution in [0.2, 0.25) is 0 Å². The van der Waals surface area contributed by atoms with Crippen molar-refractivity contribution in [2.75, 3.05) is 32.1 Å². The van der Waals surface area contributed by atoms with Crippen LogP contribution in [-0.2, 0) is 14.9 Å². The molecular weight excluding hydrogens is 336 g/mol. The van der Waals surface area contributed by atoms with Crippen LogP contribution in [0, 0.1) is 5.41 Å². The van der Waals surface area contributed by atoms with Gasteiger partial charge in [-0.15, -0.1) is 0 Å². The first-order chi connectivity index (χ1) is 13.1. The van der Waals surface area contributed by atoms with E-state index in [-0.39, 0.29) is 16.8 Å². The third-order valence-electron chi connectivity index (χ3n) is 8.53. The van der Waals surface area contributed by atoms with Gasteiger partial charge in [0.1, 0.15) is 6.04 Å². The Hall–Kier alpha value is -1.81. The van der Waals surface area contributed by atoms with Gasteiger partial charge < -0.3 is 14.5 Å². The fourth-order valence-electron chi connectivity index (χ4n) is 7.53. The molecule has 0 aromatic heterocycles. The highest BCUT2D eigenvalue weighted by Crippen LogP contribution is 2.67. The smallest absolute Gasteiger partial charge is 0.335 e. The number of methoxy groups -OCH3 is 1. The molecule has 0 radical (unpaired) electrons. The number of hydrogen-bond acceptors (Lipinski definition) is 3. The number of carbonyl (C=O) groups is 1. The number of likely N-dealkylation sites (N-methyl/N-ethyl adjacent to an activating group) is 1. The van der Waals surface area contributed by atoms with Gasteiger partial charge in [-0.05, 0) is 44.2 Å². The van der Waals surface area contributed by atoms with Gasteiger partial charge in [-0.3, -0.25) is 0 Å². The lowest BCUT2D eigenvalue weighted by molar-refractivity contribution is -0.952. The summed E-state index contributed by atoms with van der Waals surface area (Å²) in [5, 5.41) is 3.70. The predicted molar refractivity (Wildman–Crippen MR) is 106 cm³/mol. The molecule has 0 unspecified atom stereocenters. The Morgan fingerprint density at radius 3 is 2.81 bits per heavy atom. The summed E-state index contributed by atoms with van der Waals surface area (Å²) in [5.41, 5.74) is 4.83. The van der Waals surface area contributed by atoms with Crippen LogP contribution >= 0.6 is 0 Å². The minimum atomic E-state index is -0.136. The summed E-state index contributed by atoms with van der Waals surface area (Å²) in [7, 11) is 1.53. The maximum atomic E-state index is 12.9.